The van der Waals surface area contributed by atoms with Gasteiger partial charge >= 0.3 is 0 Å². The standard InChI is InChI=1S/C44H36N3O.Pt/c1-27(2)32-18-11-19-33(28(3)4)43(32)47-39-21-12-20-36(42(39)46-44(47)37-17-9-10-22-40(37)48)31-25-30-14-6-7-15-34(30)38(26-31)41-35-16-8-5-13-29(35)23-24-45-41;/h5-25,27-28,48H,1-4H3;/q-1;. The van der Waals surface area contributed by atoms with Crippen molar-refractivity contribution >= 4 is 32.6 Å². The fraction of sp³-hybridized carbons (Fsp3) is 0.136. The van der Waals surface area contributed by atoms with Gasteiger partial charge in [0.1, 0.15) is 11.6 Å². The number of benzene rings is 6. The first kappa shape index (κ1) is 32.5. The number of rotatable bonds is 6. The number of hydrogen-bond donors (Lipinski definition) is 1. The minimum absolute atomic E-state index is 0. The predicted molar refractivity (Wildman–Crippen MR) is 199 cm³/mol. The van der Waals surface area contributed by atoms with Crippen LogP contribution in [-0.2, 0) is 21.1 Å². The molecule has 0 aliphatic rings. The molecule has 4 nitrogen and oxygen atoms in total. The number of pyridine rings is 1. The molecule has 8 rings (SSSR count). The van der Waals surface area contributed by atoms with Crippen LogP contribution in [-0.4, -0.2) is 19.6 Å². The number of phenols is 1. The summed E-state index contributed by atoms with van der Waals surface area (Å²) in [5, 5.41) is 15.7. The Morgan fingerprint density at radius 3 is 2.02 bits per heavy atom. The Morgan fingerprint density at radius 1 is 0.653 bits per heavy atom. The minimum atomic E-state index is 0. The smallest absolute Gasteiger partial charge is 0.148 e. The van der Waals surface area contributed by atoms with Crippen LogP contribution in [0, 0.1) is 6.07 Å². The fourth-order valence-electron chi connectivity index (χ4n) is 7.05. The van der Waals surface area contributed by atoms with Crippen LogP contribution in [0.3, 0.4) is 0 Å². The number of fused-ring (bicyclic) bond motifs is 3. The van der Waals surface area contributed by atoms with Gasteiger partial charge in [-0.25, -0.2) is 4.98 Å². The Kier molecular flexibility index (Phi) is 8.69. The Bertz CT molecular complexity index is 2460. The Morgan fingerprint density at radius 2 is 1.29 bits per heavy atom. The van der Waals surface area contributed by atoms with Crippen LogP contribution < -0.4 is 0 Å². The summed E-state index contributed by atoms with van der Waals surface area (Å²) in [4.78, 5) is 10.3. The van der Waals surface area contributed by atoms with Gasteiger partial charge in [-0.05, 0) is 58.0 Å². The van der Waals surface area contributed by atoms with Crippen molar-refractivity contribution in [3.8, 4) is 45.2 Å². The van der Waals surface area contributed by atoms with Gasteiger partial charge < -0.3 is 5.11 Å². The van der Waals surface area contributed by atoms with Gasteiger partial charge in [0.15, 0.2) is 0 Å². The number of imidazole rings is 1. The molecule has 0 saturated carbocycles. The van der Waals surface area contributed by atoms with Crippen LogP contribution in [0.1, 0.15) is 50.7 Å². The van der Waals surface area contributed by atoms with E-state index in [4.69, 9.17) is 9.97 Å². The molecular formula is C44H36N3OPt-. The van der Waals surface area contributed by atoms with Crippen LogP contribution >= 0.6 is 0 Å². The zero-order valence-electron chi connectivity index (χ0n) is 27.9. The molecule has 0 fully saturated rings. The minimum Gasteiger partial charge on any atom is -0.507 e. The number of nitrogens with zero attached hydrogens (tertiary/aromatic N) is 3. The van der Waals surface area contributed by atoms with E-state index in [2.05, 4.69) is 135 Å². The van der Waals surface area contributed by atoms with Gasteiger partial charge in [0.05, 0.1) is 22.3 Å². The summed E-state index contributed by atoms with van der Waals surface area (Å²) in [5.41, 5.74) is 9.92. The summed E-state index contributed by atoms with van der Waals surface area (Å²) in [6.07, 6.45) is 1.88. The van der Waals surface area contributed by atoms with Crippen LogP contribution in [0.4, 0.5) is 0 Å². The summed E-state index contributed by atoms with van der Waals surface area (Å²) >= 11 is 0. The van der Waals surface area contributed by atoms with Crippen molar-refractivity contribution in [1.82, 2.24) is 14.5 Å². The number of phenolic OH excluding ortho intramolecular Hbond substituents is 1. The van der Waals surface area contributed by atoms with Crippen molar-refractivity contribution < 1.29 is 26.2 Å². The summed E-state index contributed by atoms with van der Waals surface area (Å²) < 4.78 is 2.27. The van der Waals surface area contributed by atoms with Gasteiger partial charge in [0, 0.05) is 33.0 Å². The molecule has 244 valence electrons. The Labute approximate surface area is 301 Å². The third-order valence-corrected chi connectivity index (χ3v) is 9.39. The maximum absolute atomic E-state index is 11.2. The van der Waals surface area contributed by atoms with E-state index < -0.39 is 0 Å². The molecule has 49 heavy (non-hydrogen) atoms. The van der Waals surface area contributed by atoms with Crippen molar-refractivity contribution in [2.75, 3.05) is 0 Å². The molecule has 0 unspecified atom stereocenters. The molecule has 2 heterocycles. The molecule has 0 aliphatic carbocycles. The SMILES string of the molecule is CC(C)c1cccc(C(C)C)c1-n1c(-c2ccccc2O)nc2c(-c3[c-]c(-c4nccc5ccccc45)c4ccccc4c3)cccc21.[Pt]. The molecule has 6 aromatic carbocycles. The molecule has 2 aromatic heterocycles. The first-order valence-electron chi connectivity index (χ1n) is 16.6. The molecule has 8 aromatic rings. The van der Waals surface area contributed by atoms with E-state index in [0.29, 0.717) is 11.4 Å². The van der Waals surface area contributed by atoms with E-state index in [1.807, 2.05) is 24.4 Å². The van der Waals surface area contributed by atoms with Crippen molar-refractivity contribution in [2.24, 2.45) is 0 Å². The van der Waals surface area contributed by atoms with Crippen molar-refractivity contribution in [3.05, 3.63) is 145 Å². The molecule has 0 aliphatic heterocycles. The largest absolute Gasteiger partial charge is 0.507 e. The van der Waals surface area contributed by atoms with Crippen molar-refractivity contribution in [1.29, 1.82) is 0 Å². The maximum atomic E-state index is 11.2. The van der Waals surface area contributed by atoms with E-state index in [-0.39, 0.29) is 38.7 Å². The van der Waals surface area contributed by atoms with Gasteiger partial charge in [-0.1, -0.05) is 141 Å². The number of aromatic nitrogens is 3. The van der Waals surface area contributed by atoms with Crippen LogP contribution in [0.25, 0.3) is 72.0 Å². The molecule has 0 atom stereocenters. The Hall–Kier alpha value is -5.05. The summed E-state index contributed by atoms with van der Waals surface area (Å²) in [7, 11) is 0. The van der Waals surface area contributed by atoms with E-state index >= 15 is 0 Å². The second-order valence-corrected chi connectivity index (χ2v) is 13.1. The molecule has 0 bridgehead atoms. The third-order valence-electron chi connectivity index (χ3n) is 9.39. The topological polar surface area (TPSA) is 50.9 Å². The van der Waals surface area contributed by atoms with Gasteiger partial charge in [0.2, 0.25) is 0 Å². The average molecular weight is 818 g/mol. The molecule has 0 spiro atoms. The van der Waals surface area contributed by atoms with Gasteiger partial charge in [-0.2, -0.15) is 0 Å². The maximum Gasteiger partial charge on any atom is 0.148 e. The molecule has 5 heteroatoms. The predicted octanol–water partition coefficient (Wildman–Crippen LogP) is 11.5. The normalized spacial score (nSPS) is 11.6. The van der Waals surface area contributed by atoms with E-state index in [1.165, 1.54) is 11.1 Å². The number of aromatic hydroxyl groups is 1. The Balaban J connectivity index is 0.00000378. The molecular weight excluding hydrogens is 782 g/mol. The fourth-order valence-corrected chi connectivity index (χ4v) is 7.05. The van der Waals surface area contributed by atoms with Crippen molar-refractivity contribution in [3.63, 3.8) is 0 Å². The third kappa shape index (κ3) is 5.55. The number of para-hydroxylation sites is 3. The van der Waals surface area contributed by atoms with E-state index in [1.54, 1.807) is 6.07 Å². The average Bonchev–Trinajstić information content (AvgIpc) is 3.50. The van der Waals surface area contributed by atoms with Gasteiger partial charge in [-0.3, -0.25) is 9.55 Å². The monoisotopic (exact) mass is 817 g/mol. The first-order valence-corrected chi connectivity index (χ1v) is 16.6. The van der Waals surface area contributed by atoms with Gasteiger partial charge in [0.25, 0.3) is 0 Å². The van der Waals surface area contributed by atoms with E-state index in [9.17, 15) is 5.11 Å². The molecule has 0 saturated heterocycles. The molecule has 0 radical (unpaired) electrons. The summed E-state index contributed by atoms with van der Waals surface area (Å²) in [6.45, 7) is 8.94. The molecule has 0 amide bonds. The second-order valence-electron chi connectivity index (χ2n) is 13.1. The van der Waals surface area contributed by atoms with Gasteiger partial charge in [-0.15, -0.1) is 17.7 Å². The zero-order chi connectivity index (χ0) is 32.9. The molecule has 1 N–H and O–H groups in total. The summed E-state index contributed by atoms with van der Waals surface area (Å²) in [5.74, 6) is 1.47. The van der Waals surface area contributed by atoms with Crippen molar-refractivity contribution in [2.45, 2.75) is 39.5 Å². The van der Waals surface area contributed by atoms with Crippen LogP contribution in [0.5, 0.6) is 5.75 Å². The summed E-state index contributed by atoms with van der Waals surface area (Å²) in [6, 6.07) is 45.4. The van der Waals surface area contributed by atoms with Crippen LogP contribution in [0.15, 0.2) is 128 Å². The quantitative estimate of drug-likeness (QED) is 0.170. The second kappa shape index (κ2) is 13.1. The van der Waals surface area contributed by atoms with E-state index in [0.717, 1.165) is 60.6 Å². The van der Waals surface area contributed by atoms with Crippen LogP contribution in [0.2, 0.25) is 0 Å². The zero-order valence-corrected chi connectivity index (χ0v) is 30.2. The number of hydrogen-bond acceptors (Lipinski definition) is 3. The first-order chi connectivity index (χ1) is 23.4.